The van der Waals surface area contributed by atoms with Crippen LogP contribution in [0, 0.1) is 5.82 Å². The van der Waals surface area contributed by atoms with Gasteiger partial charge in [-0.25, -0.2) is 4.39 Å². The van der Waals surface area contributed by atoms with Gasteiger partial charge < -0.3 is 4.74 Å². The lowest BCUT2D eigenvalue weighted by atomic mass is 9.91. The molecule has 128 valence electrons. The second-order valence-electron chi connectivity index (χ2n) is 6.77. The lowest BCUT2D eigenvalue weighted by molar-refractivity contribution is 0.0903. The molecule has 3 rings (SSSR count). The van der Waals surface area contributed by atoms with Crippen LogP contribution in [-0.4, -0.2) is 30.1 Å². The molecule has 0 radical (unpaired) electrons. The summed E-state index contributed by atoms with van der Waals surface area (Å²) in [4.78, 5) is 2.47. The Bertz CT molecular complexity index is 684. The molecule has 0 saturated carbocycles. The highest BCUT2D eigenvalue weighted by Crippen LogP contribution is 2.37. The van der Waals surface area contributed by atoms with Gasteiger partial charge in [0.05, 0.1) is 0 Å². The Morgan fingerprint density at radius 2 is 1.92 bits per heavy atom. The molecule has 1 aliphatic rings. The molecule has 0 unspecified atom stereocenters. The molecule has 2 nitrogen and oxygen atoms in total. The van der Waals surface area contributed by atoms with E-state index in [4.69, 9.17) is 4.74 Å². The summed E-state index contributed by atoms with van der Waals surface area (Å²) in [6.45, 7) is 8.23. The average Bonchev–Trinajstić information content (AvgIpc) is 2.60. The summed E-state index contributed by atoms with van der Waals surface area (Å²) in [5.41, 5.74) is 3.20. The van der Waals surface area contributed by atoms with Gasteiger partial charge in [0.15, 0.2) is 11.6 Å². The van der Waals surface area contributed by atoms with E-state index in [1.807, 2.05) is 24.3 Å². The topological polar surface area (TPSA) is 12.5 Å². The van der Waals surface area contributed by atoms with E-state index in [9.17, 15) is 4.39 Å². The van der Waals surface area contributed by atoms with E-state index in [0.29, 0.717) is 24.4 Å². The van der Waals surface area contributed by atoms with Crippen molar-refractivity contribution in [2.45, 2.75) is 45.7 Å². The number of ether oxygens (including phenoxy) is 1. The summed E-state index contributed by atoms with van der Waals surface area (Å²) in [5.74, 6) is 0.183. The van der Waals surface area contributed by atoms with E-state index in [1.165, 1.54) is 6.07 Å². The first-order valence-electron chi connectivity index (χ1n) is 8.87. The van der Waals surface area contributed by atoms with E-state index in [-0.39, 0.29) is 5.82 Å². The number of hydrogen-bond acceptors (Lipinski definition) is 2. The molecule has 1 heterocycles. The first-order valence-corrected chi connectivity index (χ1v) is 8.87. The third-order valence-corrected chi connectivity index (χ3v) is 4.77. The molecule has 24 heavy (non-hydrogen) atoms. The Labute approximate surface area is 144 Å². The lowest BCUT2D eigenvalue weighted by Crippen LogP contribution is -2.47. The third-order valence-electron chi connectivity index (χ3n) is 4.77. The molecule has 0 fully saturated rings. The van der Waals surface area contributed by atoms with Gasteiger partial charge in [-0.15, -0.1) is 0 Å². The van der Waals surface area contributed by atoms with Crippen LogP contribution in [0.3, 0.4) is 0 Å². The van der Waals surface area contributed by atoms with Crippen molar-refractivity contribution in [3.05, 3.63) is 53.8 Å². The average molecular weight is 327 g/mol. The highest BCUT2D eigenvalue weighted by atomic mass is 19.1. The van der Waals surface area contributed by atoms with Crippen molar-refractivity contribution in [2.24, 2.45) is 0 Å². The molecule has 0 aliphatic carbocycles. The summed E-state index contributed by atoms with van der Waals surface area (Å²) in [6.07, 6.45) is 1.94. The molecule has 2 aromatic rings. The SMILES string of the molecule is CCCN(C(C)C)[C@H]1COc2c(F)ccc(-c3ccccc3)c2C1. The van der Waals surface area contributed by atoms with Crippen molar-refractivity contribution in [3.63, 3.8) is 0 Å². The van der Waals surface area contributed by atoms with Gasteiger partial charge in [0.2, 0.25) is 0 Å². The fourth-order valence-electron chi connectivity index (χ4n) is 3.65. The molecule has 0 spiro atoms. The molecule has 1 atom stereocenters. The number of nitrogens with zero attached hydrogens (tertiary/aromatic N) is 1. The predicted molar refractivity (Wildman–Crippen MR) is 97.0 cm³/mol. The molecule has 3 heteroatoms. The van der Waals surface area contributed by atoms with E-state index in [0.717, 1.165) is 36.1 Å². The second-order valence-corrected chi connectivity index (χ2v) is 6.77. The standard InChI is InChI=1S/C21H26FNO/c1-4-12-23(15(2)3)17-13-19-18(16-8-6-5-7-9-16)10-11-20(22)21(19)24-14-17/h5-11,15,17H,4,12-14H2,1-3H3/t17-/m1/s1. The zero-order valence-corrected chi connectivity index (χ0v) is 14.8. The monoisotopic (exact) mass is 327 g/mol. The number of hydrogen-bond donors (Lipinski definition) is 0. The number of halogens is 1. The van der Waals surface area contributed by atoms with Gasteiger partial charge in [0, 0.05) is 17.6 Å². The minimum absolute atomic E-state index is 0.255. The number of fused-ring (bicyclic) bond motifs is 1. The van der Waals surface area contributed by atoms with Crippen molar-refractivity contribution in [1.29, 1.82) is 0 Å². The van der Waals surface area contributed by atoms with Crippen molar-refractivity contribution in [2.75, 3.05) is 13.2 Å². The Balaban J connectivity index is 1.98. The van der Waals surface area contributed by atoms with Gasteiger partial charge >= 0.3 is 0 Å². The number of benzene rings is 2. The Morgan fingerprint density at radius 3 is 2.58 bits per heavy atom. The van der Waals surface area contributed by atoms with E-state index in [2.05, 4.69) is 37.8 Å². The smallest absolute Gasteiger partial charge is 0.165 e. The molecule has 0 N–H and O–H groups in total. The normalized spacial score (nSPS) is 17.0. The summed E-state index contributed by atoms with van der Waals surface area (Å²) in [6, 6.07) is 14.3. The van der Waals surface area contributed by atoms with Gasteiger partial charge in [-0.3, -0.25) is 4.90 Å². The van der Waals surface area contributed by atoms with Crippen LogP contribution >= 0.6 is 0 Å². The van der Waals surface area contributed by atoms with Gasteiger partial charge in [-0.2, -0.15) is 0 Å². The van der Waals surface area contributed by atoms with Crippen LogP contribution in [0.5, 0.6) is 5.75 Å². The van der Waals surface area contributed by atoms with Gasteiger partial charge in [-0.1, -0.05) is 43.3 Å². The van der Waals surface area contributed by atoms with Gasteiger partial charge in [0.25, 0.3) is 0 Å². The Kier molecular flexibility index (Phi) is 5.20. The molecule has 0 amide bonds. The van der Waals surface area contributed by atoms with Crippen molar-refractivity contribution in [3.8, 4) is 16.9 Å². The van der Waals surface area contributed by atoms with E-state index >= 15 is 0 Å². The maximum atomic E-state index is 14.3. The quantitative estimate of drug-likeness (QED) is 0.773. The first kappa shape index (κ1) is 17.0. The fraction of sp³-hybridized carbons (Fsp3) is 0.429. The van der Waals surface area contributed by atoms with Crippen molar-refractivity contribution in [1.82, 2.24) is 4.90 Å². The van der Waals surface area contributed by atoms with Gasteiger partial charge in [0.1, 0.15) is 6.61 Å². The maximum absolute atomic E-state index is 14.3. The zero-order valence-electron chi connectivity index (χ0n) is 14.8. The van der Waals surface area contributed by atoms with Crippen LogP contribution in [0.25, 0.3) is 11.1 Å². The highest BCUT2D eigenvalue weighted by Gasteiger charge is 2.30. The summed E-state index contributed by atoms with van der Waals surface area (Å²) < 4.78 is 20.2. The molecule has 0 bridgehead atoms. The summed E-state index contributed by atoms with van der Waals surface area (Å²) in [7, 11) is 0. The minimum Gasteiger partial charge on any atom is -0.489 e. The van der Waals surface area contributed by atoms with Crippen LogP contribution in [0.1, 0.15) is 32.8 Å². The van der Waals surface area contributed by atoms with Crippen LogP contribution in [0.2, 0.25) is 0 Å². The van der Waals surface area contributed by atoms with Gasteiger partial charge in [-0.05, 0) is 50.4 Å². The first-order chi connectivity index (χ1) is 11.6. The van der Waals surface area contributed by atoms with Crippen LogP contribution < -0.4 is 4.74 Å². The lowest BCUT2D eigenvalue weighted by Gasteiger charge is -2.38. The third kappa shape index (κ3) is 3.32. The predicted octanol–water partition coefficient (Wildman–Crippen LogP) is 4.92. The van der Waals surface area contributed by atoms with E-state index < -0.39 is 0 Å². The highest BCUT2D eigenvalue weighted by molar-refractivity contribution is 5.70. The Hall–Kier alpha value is -1.87. The molecular formula is C21H26FNO. The van der Waals surface area contributed by atoms with Crippen LogP contribution in [0.15, 0.2) is 42.5 Å². The van der Waals surface area contributed by atoms with E-state index in [1.54, 1.807) is 0 Å². The largest absolute Gasteiger partial charge is 0.489 e. The number of rotatable bonds is 5. The van der Waals surface area contributed by atoms with Crippen LogP contribution in [-0.2, 0) is 6.42 Å². The Morgan fingerprint density at radius 1 is 1.17 bits per heavy atom. The molecule has 0 saturated heterocycles. The summed E-state index contributed by atoms with van der Waals surface area (Å²) >= 11 is 0. The van der Waals surface area contributed by atoms with Crippen molar-refractivity contribution < 1.29 is 9.13 Å². The zero-order chi connectivity index (χ0) is 17.1. The minimum atomic E-state index is -0.255. The maximum Gasteiger partial charge on any atom is 0.165 e. The molecule has 1 aliphatic heterocycles. The van der Waals surface area contributed by atoms with Crippen LogP contribution in [0.4, 0.5) is 4.39 Å². The van der Waals surface area contributed by atoms with Crippen molar-refractivity contribution >= 4 is 0 Å². The summed E-state index contributed by atoms with van der Waals surface area (Å²) in [5, 5.41) is 0. The second kappa shape index (κ2) is 7.35. The molecule has 0 aromatic heterocycles. The fourth-order valence-corrected chi connectivity index (χ4v) is 3.65. The molecular weight excluding hydrogens is 301 g/mol. The molecule has 2 aromatic carbocycles.